The third-order valence-electron chi connectivity index (χ3n) is 4.26. The van der Waals surface area contributed by atoms with Gasteiger partial charge in [-0.2, -0.15) is 0 Å². The summed E-state index contributed by atoms with van der Waals surface area (Å²) in [4.78, 5) is 4.18. The second-order valence-electron chi connectivity index (χ2n) is 5.84. The molecule has 2 nitrogen and oxygen atoms in total. The van der Waals surface area contributed by atoms with E-state index in [2.05, 4.69) is 56.2 Å². The van der Waals surface area contributed by atoms with Crippen LogP contribution in [0.5, 0.6) is 0 Å². The summed E-state index contributed by atoms with van der Waals surface area (Å²) in [5.74, 6) is 0. The maximum absolute atomic E-state index is 4.18. The Morgan fingerprint density at radius 2 is 1.88 bits per heavy atom. The normalized spacial score (nSPS) is 13.0. The van der Waals surface area contributed by atoms with Crippen molar-refractivity contribution < 1.29 is 0 Å². The fourth-order valence-electron chi connectivity index (χ4n) is 3.18. The first kappa shape index (κ1) is 19.9. The van der Waals surface area contributed by atoms with E-state index in [-0.39, 0.29) is 0 Å². The van der Waals surface area contributed by atoms with Gasteiger partial charge in [-0.05, 0) is 68.0 Å². The lowest BCUT2D eigenvalue weighted by molar-refractivity contribution is 1.03. The summed E-state index contributed by atoms with van der Waals surface area (Å²) in [5, 5.41) is 3.62. The first-order valence-electron chi connectivity index (χ1n) is 8.72. The Hall–Kier alpha value is -2.18. The topological polar surface area (TPSA) is 24.4 Å². The average Bonchev–Trinajstić information content (AvgIpc) is 2.54. The molecule has 0 saturated carbocycles. The molecule has 0 atom stereocenters. The molecule has 2 heteroatoms. The number of aryl methyl sites for hydroxylation is 1. The van der Waals surface area contributed by atoms with Crippen molar-refractivity contribution in [3.8, 4) is 0 Å². The van der Waals surface area contributed by atoms with Crippen LogP contribution in [0.1, 0.15) is 49.9 Å². The predicted molar refractivity (Wildman–Crippen MR) is 108 cm³/mol. The molecule has 0 fully saturated rings. The van der Waals surface area contributed by atoms with Crippen LogP contribution in [0.25, 0.3) is 0 Å². The summed E-state index contributed by atoms with van der Waals surface area (Å²) in [5.41, 5.74) is 8.83. The van der Waals surface area contributed by atoms with E-state index >= 15 is 0 Å². The molecule has 0 unspecified atom stereocenters. The van der Waals surface area contributed by atoms with Crippen molar-refractivity contribution in [3.05, 3.63) is 63.9 Å². The number of benzene rings is 1. The quantitative estimate of drug-likeness (QED) is 0.385. The molecule has 0 heterocycles. The van der Waals surface area contributed by atoms with Crippen LogP contribution in [0.4, 0.5) is 5.69 Å². The van der Waals surface area contributed by atoms with E-state index in [1.165, 1.54) is 27.9 Å². The Kier molecular flexibility index (Phi) is 8.15. The second kappa shape index (κ2) is 9.85. The summed E-state index contributed by atoms with van der Waals surface area (Å²) in [6, 6.07) is 2.27. The first-order chi connectivity index (χ1) is 11.5. The molecule has 1 N–H and O–H groups in total. The van der Waals surface area contributed by atoms with Gasteiger partial charge in [0.1, 0.15) is 5.57 Å². The molecule has 0 aliphatic heterocycles. The Morgan fingerprint density at radius 1 is 1.21 bits per heavy atom. The van der Waals surface area contributed by atoms with Crippen LogP contribution in [0.3, 0.4) is 0 Å². The molecule has 0 amide bonds. The third kappa shape index (κ3) is 4.66. The number of hydrogen-bond acceptors (Lipinski definition) is 2. The van der Waals surface area contributed by atoms with Crippen LogP contribution >= 0.6 is 0 Å². The zero-order valence-electron chi connectivity index (χ0n) is 16.2. The molecule has 0 saturated heterocycles. The smallest absolute Gasteiger partial charge is 0.190 e. The number of allylic oxidation sites excluding steroid dienone is 5. The van der Waals surface area contributed by atoms with E-state index in [9.17, 15) is 0 Å². The van der Waals surface area contributed by atoms with Gasteiger partial charge in [0.15, 0.2) is 11.8 Å². The summed E-state index contributed by atoms with van der Waals surface area (Å²) in [6.45, 7) is 12.8. The molecule has 0 radical (unpaired) electrons. The Labute approximate surface area is 148 Å². The molecule has 0 bridgehead atoms. The van der Waals surface area contributed by atoms with Crippen LogP contribution in [0.2, 0.25) is 0 Å². The molecule has 1 aromatic carbocycles. The standard InChI is InChI=1S/C22H31N2/c1-8-12-18(15-23-7)21(13-9-2)24-22-14-16(5)19(10-3)17(6)20(22)11-4/h8,12-15,24H,10-11H2,1-7H3/q+1/b12-8-,21-18-,23-15?. The molecule has 1 rings (SSSR count). The van der Waals surface area contributed by atoms with Crippen molar-refractivity contribution in [1.82, 2.24) is 0 Å². The molecule has 0 aliphatic carbocycles. The van der Waals surface area contributed by atoms with E-state index in [0.717, 1.165) is 24.1 Å². The Balaban J connectivity index is 3.52. The van der Waals surface area contributed by atoms with Crippen LogP contribution in [0, 0.1) is 19.9 Å². The number of aliphatic imine (C=N–C) groups is 1. The molecular weight excluding hydrogens is 292 g/mol. The van der Waals surface area contributed by atoms with Gasteiger partial charge in [-0.25, -0.2) is 0 Å². The van der Waals surface area contributed by atoms with Crippen LogP contribution in [-0.2, 0) is 12.8 Å². The van der Waals surface area contributed by atoms with Gasteiger partial charge in [-0.3, -0.25) is 10.3 Å². The zero-order chi connectivity index (χ0) is 18.1. The first-order valence-corrected chi connectivity index (χ1v) is 8.72. The SMILES string of the molecule is C[C+]=C/C(Nc1cc(C)c(CC)c(C)c1CC)=C(C=NC)\C=C/C. The molecular formula is C22H31N2+. The fraction of sp³-hybridized carbons (Fsp3) is 0.409. The maximum Gasteiger partial charge on any atom is 0.190 e. The number of rotatable bonds is 7. The van der Waals surface area contributed by atoms with Crippen molar-refractivity contribution in [2.45, 2.75) is 54.4 Å². The molecule has 128 valence electrons. The third-order valence-corrected chi connectivity index (χ3v) is 4.26. The lowest BCUT2D eigenvalue weighted by atomic mass is 9.92. The Bertz CT molecular complexity index is 660. The van der Waals surface area contributed by atoms with Gasteiger partial charge in [0.2, 0.25) is 0 Å². The molecule has 24 heavy (non-hydrogen) atoms. The van der Waals surface area contributed by atoms with Gasteiger partial charge >= 0.3 is 0 Å². The second-order valence-corrected chi connectivity index (χ2v) is 5.84. The number of hydrogen-bond donors (Lipinski definition) is 1. The minimum absolute atomic E-state index is 1.01. The van der Waals surface area contributed by atoms with Crippen LogP contribution in [-0.4, -0.2) is 13.3 Å². The van der Waals surface area contributed by atoms with Crippen molar-refractivity contribution in [3.63, 3.8) is 0 Å². The van der Waals surface area contributed by atoms with Gasteiger partial charge in [0.25, 0.3) is 0 Å². The van der Waals surface area contributed by atoms with E-state index in [0.29, 0.717) is 0 Å². The summed E-state index contributed by atoms with van der Waals surface area (Å²) in [6.07, 6.45) is 13.2. The van der Waals surface area contributed by atoms with Crippen molar-refractivity contribution >= 4 is 11.9 Å². The molecule has 0 aromatic heterocycles. The van der Waals surface area contributed by atoms with E-state index < -0.39 is 0 Å². The highest BCUT2D eigenvalue weighted by atomic mass is 14.9. The molecule has 1 aromatic rings. The summed E-state index contributed by atoms with van der Waals surface area (Å²) < 4.78 is 0. The highest BCUT2D eigenvalue weighted by Crippen LogP contribution is 2.29. The van der Waals surface area contributed by atoms with Crippen LogP contribution < -0.4 is 5.32 Å². The number of nitrogens with zero attached hydrogens (tertiary/aromatic N) is 1. The van der Waals surface area contributed by atoms with Gasteiger partial charge in [-0.15, -0.1) is 0 Å². The minimum atomic E-state index is 1.01. The number of anilines is 1. The van der Waals surface area contributed by atoms with Gasteiger partial charge in [-0.1, -0.05) is 19.9 Å². The average molecular weight is 324 g/mol. The zero-order valence-corrected chi connectivity index (χ0v) is 16.2. The predicted octanol–water partition coefficient (Wildman–Crippen LogP) is 5.75. The largest absolute Gasteiger partial charge is 0.294 e. The highest BCUT2D eigenvalue weighted by Gasteiger charge is 2.15. The number of nitrogens with one attached hydrogen (secondary N) is 1. The summed E-state index contributed by atoms with van der Waals surface area (Å²) >= 11 is 0. The Morgan fingerprint density at radius 3 is 2.38 bits per heavy atom. The maximum atomic E-state index is 4.18. The molecule has 0 spiro atoms. The van der Waals surface area contributed by atoms with Crippen molar-refractivity contribution in [2.75, 3.05) is 12.4 Å². The lowest BCUT2D eigenvalue weighted by Gasteiger charge is -2.17. The summed E-state index contributed by atoms with van der Waals surface area (Å²) in [7, 11) is 1.79. The van der Waals surface area contributed by atoms with Crippen molar-refractivity contribution in [1.29, 1.82) is 0 Å². The van der Waals surface area contributed by atoms with Gasteiger partial charge < -0.3 is 0 Å². The lowest BCUT2D eigenvalue weighted by Crippen LogP contribution is -2.08. The molecule has 0 aliphatic rings. The van der Waals surface area contributed by atoms with Crippen LogP contribution in [0.15, 0.2) is 40.6 Å². The monoisotopic (exact) mass is 323 g/mol. The van der Waals surface area contributed by atoms with Gasteiger partial charge in [0, 0.05) is 7.05 Å². The van der Waals surface area contributed by atoms with E-state index in [1.807, 2.05) is 32.2 Å². The highest BCUT2D eigenvalue weighted by molar-refractivity contribution is 5.85. The minimum Gasteiger partial charge on any atom is -0.294 e. The van der Waals surface area contributed by atoms with Crippen molar-refractivity contribution in [2.24, 2.45) is 4.99 Å². The van der Waals surface area contributed by atoms with Gasteiger partial charge in [0.05, 0.1) is 24.9 Å². The van der Waals surface area contributed by atoms with E-state index in [4.69, 9.17) is 0 Å². The van der Waals surface area contributed by atoms with E-state index in [1.54, 1.807) is 7.05 Å². The fourth-order valence-corrected chi connectivity index (χ4v) is 3.18.